The molecule has 0 spiro atoms. The largest absolute Gasteiger partial charge is 0.381 e. The zero-order chi connectivity index (χ0) is 9.80. The lowest BCUT2D eigenvalue weighted by Crippen LogP contribution is -2.05. The molecule has 0 amide bonds. The van der Waals surface area contributed by atoms with Crippen molar-refractivity contribution < 1.29 is 4.74 Å². The molecule has 1 fully saturated rings. The van der Waals surface area contributed by atoms with Gasteiger partial charge in [-0.25, -0.2) is 4.98 Å². The van der Waals surface area contributed by atoms with E-state index < -0.39 is 0 Å². The Balaban J connectivity index is 1.92. The van der Waals surface area contributed by atoms with E-state index in [0.717, 1.165) is 31.9 Å². The summed E-state index contributed by atoms with van der Waals surface area (Å²) in [5.74, 6) is 2.00. The van der Waals surface area contributed by atoms with Crippen molar-refractivity contribution in [3.8, 4) is 6.07 Å². The summed E-state index contributed by atoms with van der Waals surface area (Å²) >= 11 is 0. The molecule has 74 valence electrons. The molecule has 5 heteroatoms. The van der Waals surface area contributed by atoms with Gasteiger partial charge in [-0.05, 0) is 12.3 Å². The van der Waals surface area contributed by atoms with E-state index in [0.29, 0.717) is 11.7 Å². The van der Waals surface area contributed by atoms with Crippen LogP contribution in [0.2, 0.25) is 0 Å². The van der Waals surface area contributed by atoms with Gasteiger partial charge in [-0.2, -0.15) is 10.4 Å². The molecule has 0 radical (unpaired) electrons. The number of nitrogens with one attached hydrogen (secondary N) is 1. The summed E-state index contributed by atoms with van der Waals surface area (Å²) in [4.78, 5) is 4.22. The first-order valence-electron chi connectivity index (χ1n) is 4.73. The van der Waals surface area contributed by atoms with Crippen molar-refractivity contribution in [3.05, 3.63) is 11.6 Å². The maximum Gasteiger partial charge on any atom is 0.164 e. The van der Waals surface area contributed by atoms with Gasteiger partial charge in [0.2, 0.25) is 0 Å². The lowest BCUT2D eigenvalue weighted by molar-refractivity contribution is 0.185. The van der Waals surface area contributed by atoms with E-state index in [1.807, 2.05) is 6.07 Å². The molecule has 0 aromatic carbocycles. The van der Waals surface area contributed by atoms with Gasteiger partial charge in [0.25, 0.3) is 0 Å². The first-order valence-corrected chi connectivity index (χ1v) is 4.73. The molecule has 0 saturated carbocycles. The highest BCUT2D eigenvalue weighted by Gasteiger charge is 2.17. The van der Waals surface area contributed by atoms with Gasteiger partial charge in [-0.15, -0.1) is 0 Å². The first kappa shape index (κ1) is 9.16. The van der Waals surface area contributed by atoms with E-state index in [1.165, 1.54) is 0 Å². The van der Waals surface area contributed by atoms with E-state index in [9.17, 15) is 0 Å². The summed E-state index contributed by atoms with van der Waals surface area (Å²) in [7, 11) is 0. The van der Waals surface area contributed by atoms with Crippen molar-refractivity contribution in [1.82, 2.24) is 15.2 Å². The highest BCUT2D eigenvalue weighted by molar-refractivity contribution is 4.97. The standard InChI is InChI=1S/C9H12N4O/c10-3-1-8-11-9(13-12-8)5-7-2-4-14-6-7/h7H,1-2,4-6H2,(H,11,12,13). The molecule has 5 nitrogen and oxygen atoms in total. The zero-order valence-corrected chi connectivity index (χ0v) is 7.86. The molecule has 1 aromatic heterocycles. The van der Waals surface area contributed by atoms with E-state index in [2.05, 4.69) is 15.2 Å². The monoisotopic (exact) mass is 192 g/mol. The van der Waals surface area contributed by atoms with Crippen molar-refractivity contribution in [2.24, 2.45) is 5.92 Å². The van der Waals surface area contributed by atoms with Gasteiger partial charge in [0, 0.05) is 19.6 Å². The Hall–Kier alpha value is -1.41. The lowest BCUT2D eigenvalue weighted by Gasteiger charge is -2.02. The number of H-pyrrole nitrogens is 1. The SMILES string of the molecule is N#CCc1n[nH]c(CC2CCOC2)n1. The minimum Gasteiger partial charge on any atom is -0.381 e. The summed E-state index contributed by atoms with van der Waals surface area (Å²) in [6, 6.07) is 2.02. The predicted molar refractivity (Wildman–Crippen MR) is 48.3 cm³/mol. The van der Waals surface area contributed by atoms with Crippen LogP contribution in [0, 0.1) is 17.2 Å². The third-order valence-corrected chi connectivity index (χ3v) is 2.32. The molecule has 1 saturated heterocycles. The highest BCUT2D eigenvalue weighted by Crippen LogP contribution is 2.15. The molecule has 1 aliphatic heterocycles. The van der Waals surface area contributed by atoms with Gasteiger partial charge in [0.1, 0.15) is 5.82 Å². The van der Waals surface area contributed by atoms with Crippen LogP contribution in [0.4, 0.5) is 0 Å². The molecule has 1 aliphatic rings. The second kappa shape index (κ2) is 4.20. The molecule has 1 atom stereocenters. The zero-order valence-electron chi connectivity index (χ0n) is 7.86. The van der Waals surface area contributed by atoms with E-state index in [4.69, 9.17) is 10.00 Å². The minimum atomic E-state index is 0.275. The predicted octanol–water partition coefficient (Wildman–Crippen LogP) is 0.450. The topological polar surface area (TPSA) is 74.6 Å². The smallest absolute Gasteiger partial charge is 0.164 e. The molecule has 1 aromatic rings. The maximum absolute atomic E-state index is 8.45. The first-order chi connectivity index (χ1) is 6.88. The van der Waals surface area contributed by atoms with Crippen molar-refractivity contribution in [2.75, 3.05) is 13.2 Å². The fraction of sp³-hybridized carbons (Fsp3) is 0.667. The highest BCUT2D eigenvalue weighted by atomic mass is 16.5. The van der Waals surface area contributed by atoms with Gasteiger partial charge in [0.05, 0.1) is 12.5 Å². The van der Waals surface area contributed by atoms with Gasteiger partial charge < -0.3 is 4.74 Å². The second-order valence-corrected chi connectivity index (χ2v) is 3.47. The van der Waals surface area contributed by atoms with E-state index in [1.54, 1.807) is 0 Å². The van der Waals surface area contributed by atoms with Crippen molar-refractivity contribution in [3.63, 3.8) is 0 Å². The van der Waals surface area contributed by atoms with Crippen LogP contribution in [0.1, 0.15) is 18.1 Å². The van der Waals surface area contributed by atoms with Gasteiger partial charge >= 0.3 is 0 Å². The number of hydrogen-bond donors (Lipinski definition) is 1. The molecular weight excluding hydrogens is 180 g/mol. The molecule has 2 rings (SSSR count). The third kappa shape index (κ3) is 2.09. The molecule has 0 aliphatic carbocycles. The number of nitrogens with zero attached hydrogens (tertiary/aromatic N) is 3. The van der Waals surface area contributed by atoms with Crippen molar-refractivity contribution in [1.29, 1.82) is 5.26 Å². The van der Waals surface area contributed by atoms with Crippen LogP contribution in [0.3, 0.4) is 0 Å². The van der Waals surface area contributed by atoms with Crippen molar-refractivity contribution in [2.45, 2.75) is 19.3 Å². The number of hydrogen-bond acceptors (Lipinski definition) is 4. The summed E-state index contributed by atoms with van der Waals surface area (Å²) in [6.07, 6.45) is 2.24. The van der Waals surface area contributed by atoms with Crippen molar-refractivity contribution >= 4 is 0 Å². The fourth-order valence-electron chi connectivity index (χ4n) is 1.59. The van der Waals surface area contributed by atoms with Crippen LogP contribution in [0.5, 0.6) is 0 Å². The Morgan fingerprint density at radius 2 is 2.57 bits per heavy atom. The average Bonchev–Trinajstić information content (AvgIpc) is 2.79. The van der Waals surface area contributed by atoms with Crippen LogP contribution in [0.25, 0.3) is 0 Å². The maximum atomic E-state index is 8.45. The quantitative estimate of drug-likeness (QED) is 0.754. The molecule has 14 heavy (non-hydrogen) atoms. The van der Waals surface area contributed by atoms with Crippen LogP contribution in [-0.4, -0.2) is 28.4 Å². The van der Waals surface area contributed by atoms with Crippen LogP contribution in [0.15, 0.2) is 0 Å². The van der Waals surface area contributed by atoms with Gasteiger partial charge in [0.15, 0.2) is 5.82 Å². The van der Waals surface area contributed by atoms with E-state index >= 15 is 0 Å². The number of ether oxygens (including phenoxy) is 1. The summed E-state index contributed by atoms with van der Waals surface area (Å²) in [5.41, 5.74) is 0. The van der Waals surface area contributed by atoms with Crippen LogP contribution < -0.4 is 0 Å². The fourth-order valence-corrected chi connectivity index (χ4v) is 1.59. The van der Waals surface area contributed by atoms with Gasteiger partial charge in [-0.3, -0.25) is 5.10 Å². The molecule has 2 heterocycles. The average molecular weight is 192 g/mol. The van der Waals surface area contributed by atoms with E-state index in [-0.39, 0.29) is 6.42 Å². The summed E-state index contributed by atoms with van der Waals surface area (Å²) in [6.45, 7) is 1.66. The third-order valence-electron chi connectivity index (χ3n) is 2.32. The Bertz CT molecular complexity index is 335. The molecule has 0 bridgehead atoms. The Labute approximate surface area is 82.1 Å². The second-order valence-electron chi connectivity index (χ2n) is 3.47. The Morgan fingerprint density at radius 1 is 1.64 bits per heavy atom. The summed E-state index contributed by atoms with van der Waals surface area (Å²) < 4.78 is 5.27. The Morgan fingerprint density at radius 3 is 3.29 bits per heavy atom. The number of rotatable bonds is 3. The molecule has 1 unspecified atom stereocenters. The minimum absolute atomic E-state index is 0.275. The Kier molecular flexibility index (Phi) is 2.75. The van der Waals surface area contributed by atoms with Crippen LogP contribution in [-0.2, 0) is 17.6 Å². The van der Waals surface area contributed by atoms with Crippen LogP contribution >= 0.6 is 0 Å². The van der Waals surface area contributed by atoms with Gasteiger partial charge in [-0.1, -0.05) is 0 Å². The summed E-state index contributed by atoms with van der Waals surface area (Å²) in [5, 5.41) is 15.2. The number of aromatic amines is 1. The molecule has 1 N–H and O–H groups in total. The number of nitriles is 1. The lowest BCUT2D eigenvalue weighted by atomic mass is 10.1. The number of aromatic nitrogens is 3. The molecular formula is C9H12N4O. The normalized spacial score (nSPS) is 20.9.